The van der Waals surface area contributed by atoms with Crippen LogP contribution in [0.25, 0.3) is 0 Å². The Morgan fingerprint density at radius 2 is 1.74 bits per heavy atom. The van der Waals surface area contributed by atoms with E-state index in [1.807, 2.05) is 30.3 Å². The molecular formula is C20H29N3O4. The molecule has 1 fully saturated rings. The first kappa shape index (κ1) is 20.7. The molecular weight excluding hydrogens is 346 g/mol. The number of carboxylic acid groups (broad SMARTS) is 1. The van der Waals surface area contributed by atoms with Crippen LogP contribution in [0.4, 0.5) is 4.79 Å². The Hall–Kier alpha value is -2.57. The van der Waals surface area contributed by atoms with Gasteiger partial charge < -0.3 is 19.8 Å². The van der Waals surface area contributed by atoms with Gasteiger partial charge in [-0.25, -0.2) is 4.79 Å². The smallest absolute Gasteiger partial charge is 0.319 e. The second kappa shape index (κ2) is 9.94. The van der Waals surface area contributed by atoms with E-state index in [2.05, 4.69) is 0 Å². The zero-order chi connectivity index (χ0) is 19.8. The van der Waals surface area contributed by atoms with Gasteiger partial charge in [0.25, 0.3) is 0 Å². The van der Waals surface area contributed by atoms with Gasteiger partial charge in [0, 0.05) is 52.6 Å². The third-order valence-corrected chi connectivity index (χ3v) is 4.84. The first-order chi connectivity index (χ1) is 12.9. The lowest BCUT2D eigenvalue weighted by Crippen LogP contribution is -2.47. The molecule has 0 spiro atoms. The van der Waals surface area contributed by atoms with E-state index >= 15 is 0 Å². The fourth-order valence-electron chi connectivity index (χ4n) is 3.35. The van der Waals surface area contributed by atoms with Crippen LogP contribution in [0.3, 0.4) is 0 Å². The Kier molecular flexibility index (Phi) is 7.64. The van der Waals surface area contributed by atoms with Crippen LogP contribution in [-0.2, 0) is 16.1 Å². The number of nitrogens with zero attached hydrogens (tertiary/aromatic N) is 3. The Bertz CT molecular complexity index is 640. The van der Waals surface area contributed by atoms with Crippen molar-refractivity contribution in [3.8, 4) is 0 Å². The van der Waals surface area contributed by atoms with Gasteiger partial charge >= 0.3 is 12.0 Å². The summed E-state index contributed by atoms with van der Waals surface area (Å²) in [6.45, 7) is 2.05. The van der Waals surface area contributed by atoms with Crippen molar-refractivity contribution in [2.75, 3.05) is 33.7 Å². The number of aliphatic carboxylic acids is 1. The second-order valence-electron chi connectivity index (χ2n) is 7.18. The zero-order valence-corrected chi connectivity index (χ0v) is 16.1. The highest BCUT2D eigenvalue weighted by Gasteiger charge is 2.30. The Labute approximate surface area is 160 Å². The number of hydrogen-bond acceptors (Lipinski definition) is 3. The lowest BCUT2D eigenvalue weighted by molar-refractivity contribution is -0.140. The fraction of sp³-hybridized carbons (Fsp3) is 0.550. The molecule has 0 aliphatic carbocycles. The number of amides is 3. The lowest BCUT2D eigenvalue weighted by atomic mass is 9.95. The zero-order valence-electron chi connectivity index (χ0n) is 16.1. The topological polar surface area (TPSA) is 81.2 Å². The molecule has 0 unspecified atom stereocenters. The van der Waals surface area contributed by atoms with Crippen molar-refractivity contribution >= 4 is 17.9 Å². The summed E-state index contributed by atoms with van der Waals surface area (Å²) in [6.07, 6.45) is 1.77. The summed E-state index contributed by atoms with van der Waals surface area (Å²) in [7, 11) is 3.45. The van der Waals surface area contributed by atoms with E-state index in [-0.39, 0.29) is 24.3 Å². The highest BCUT2D eigenvalue weighted by molar-refractivity contribution is 5.80. The van der Waals surface area contributed by atoms with Gasteiger partial charge in [-0.15, -0.1) is 0 Å². The van der Waals surface area contributed by atoms with E-state index in [1.165, 1.54) is 0 Å². The van der Waals surface area contributed by atoms with Crippen LogP contribution in [0.2, 0.25) is 0 Å². The van der Waals surface area contributed by atoms with Crippen LogP contribution in [-0.4, -0.2) is 71.4 Å². The molecule has 3 amide bonds. The van der Waals surface area contributed by atoms with Gasteiger partial charge in [-0.2, -0.15) is 0 Å². The summed E-state index contributed by atoms with van der Waals surface area (Å²) in [5, 5.41) is 8.88. The first-order valence-electron chi connectivity index (χ1n) is 9.39. The van der Waals surface area contributed by atoms with E-state index in [0.717, 1.165) is 5.56 Å². The quantitative estimate of drug-likeness (QED) is 0.793. The average Bonchev–Trinajstić information content (AvgIpc) is 2.66. The average molecular weight is 375 g/mol. The number of urea groups is 1. The predicted molar refractivity (Wildman–Crippen MR) is 102 cm³/mol. The molecule has 0 saturated carbocycles. The minimum absolute atomic E-state index is 0.0245. The van der Waals surface area contributed by atoms with Crippen molar-refractivity contribution in [1.29, 1.82) is 0 Å². The number of carbonyl (C=O) groups excluding carboxylic acids is 2. The van der Waals surface area contributed by atoms with E-state index < -0.39 is 5.97 Å². The molecule has 0 bridgehead atoms. The van der Waals surface area contributed by atoms with Crippen molar-refractivity contribution in [3.05, 3.63) is 35.9 Å². The van der Waals surface area contributed by atoms with Crippen molar-refractivity contribution in [3.63, 3.8) is 0 Å². The predicted octanol–water partition coefficient (Wildman–Crippen LogP) is 2.27. The Morgan fingerprint density at radius 1 is 1.11 bits per heavy atom. The number of carboxylic acids is 1. The van der Waals surface area contributed by atoms with Crippen LogP contribution in [0, 0.1) is 5.92 Å². The molecule has 1 aliphatic heterocycles. The van der Waals surface area contributed by atoms with Crippen molar-refractivity contribution < 1.29 is 19.5 Å². The second-order valence-corrected chi connectivity index (χ2v) is 7.18. The summed E-state index contributed by atoms with van der Waals surface area (Å²) >= 11 is 0. The molecule has 0 radical (unpaired) electrons. The summed E-state index contributed by atoms with van der Waals surface area (Å²) in [5.41, 5.74) is 1.03. The van der Waals surface area contributed by atoms with Crippen LogP contribution < -0.4 is 0 Å². The SMILES string of the molecule is CN(C)C(=O)N1CCC(C(=O)N(CCCC(=O)O)Cc2ccccc2)CC1. The molecule has 1 N–H and O–H groups in total. The minimum atomic E-state index is -0.849. The number of likely N-dealkylation sites (tertiary alicyclic amines) is 1. The van der Waals surface area contributed by atoms with E-state index in [1.54, 1.807) is 28.8 Å². The van der Waals surface area contributed by atoms with Gasteiger partial charge in [0.05, 0.1) is 0 Å². The van der Waals surface area contributed by atoms with Gasteiger partial charge in [-0.05, 0) is 24.8 Å². The maximum atomic E-state index is 13.1. The molecule has 1 aromatic rings. The van der Waals surface area contributed by atoms with Gasteiger partial charge in [0.15, 0.2) is 0 Å². The third-order valence-electron chi connectivity index (χ3n) is 4.84. The van der Waals surface area contributed by atoms with Crippen LogP contribution in [0.15, 0.2) is 30.3 Å². The minimum Gasteiger partial charge on any atom is -0.481 e. The van der Waals surface area contributed by atoms with E-state index in [0.29, 0.717) is 45.4 Å². The summed E-state index contributed by atoms with van der Waals surface area (Å²) < 4.78 is 0. The Morgan fingerprint density at radius 3 is 2.30 bits per heavy atom. The van der Waals surface area contributed by atoms with Gasteiger partial charge in [0.1, 0.15) is 0 Å². The maximum absolute atomic E-state index is 13.1. The molecule has 1 aliphatic rings. The number of hydrogen-bond donors (Lipinski definition) is 1. The Balaban J connectivity index is 1.98. The van der Waals surface area contributed by atoms with Crippen molar-refractivity contribution in [2.45, 2.75) is 32.2 Å². The molecule has 0 atom stereocenters. The molecule has 0 aromatic heterocycles. The largest absolute Gasteiger partial charge is 0.481 e. The number of rotatable bonds is 7. The highest BCUT2D eigenvalue weighted by atomic mass is 16.4. The van der Waals surface area contributed by atoms with Gasteiger partial charge in [-0.1, -0.05) is 30.3 Å². The first-order valence-corrected chi connectivity index (χ1v) is 9.39. The van der Waals surface area contributed by atoms with E-state index in [9.17, 15) is 14.4 Å². The number of carbonyl (C=O) groups is 3. The standard InChI is InChI=1S/C20H29N3O4/c1-21(2)20(27)22-13-10-17(11-14-22)19(26)23(12-6-9-18(24)25)15-16-7-4-3-5-8-16/h3-5,7-8,17H,6,9-15H2,1-2H3,(H,24,25). The summed E-state index contributed by atoms with van der Waals surface area (Å²) in [4.78, 5) is 41.0. The molecule has 2 rings (SSSR count). The number of piperidine rings is 1. The number of benzene rings is 1. The molecule has 7 nitrogen and oxygen atoms in total. The summed E-state index contributed by atoms with van der Waals surface area (Å²) in [5.74, 6) is -0.913. The van der Waals surface area contributed by atoms with Gasteiger partial charge in [-0.3, -0.25) is 9.59 Å². The molecule has 1 saturated heterocycles. The van der Waals surface area contributed by atoms with Crippen LogP contribution in [0.1, 0.15) is 31.2 Å². The molecule has 1 heterocycles. The van der Waals surface area contributed by atoms with Crippen molar-refractivity contribution in [2.24, 2.45) is 5.92 Å². The van der Waals surface area contributed by atoms with Crippen LogP contribution >= 0.6 is 0 Å². The maximum Gasteiger partial charge on any atom is 0.319 e. The lowest BCUT2D eigenvalue weighted by Gasteiger charge is -2.35. The molecule has 7 heteroatoms. The molecule has 148 valence electrons. The molecule has 1 aromatic carbocycles. The monoisotopic (exact) mass is 375 g/mol. The molecule has 27 heavy (non-hydrogen) atoms. The summed E-state index contributed by atoms with van der Waals surface area (Å²) in [6, 6.07) is 9.70. The normalized spacial score (nSPS) is 14.7. The highest BCUT2D eigenvalue weighted by Crippen LogP contribution is 2.22. The van der Waals surface area contributed by atoms with Gasteiger partial charge in [0.2, 0.25) is 5.91 Å². The fourth-order valence-corrected chi connectivity index (χ4v) is 3.35. The van der Waals surface area contributed by atoms with E-state index in [4.69, 9.17) is 5.11 Å². The van der Waals surface area contributed by atoms with Crippen molar-refractivity contribution in [1.82, 2.24) is 14.7 Å². The third kappa shape index (κ3) is 6.27. The van der Waals surface area contributed by atoms with Crippen LogP contribution in [0.5, 0.6) is 0 Å².